The van der Waals surface area contributed by atoms with E-state index < -0.39 is 17.8 Å². The van der Waals surface area contributed by atoms with E-state index >= 15 is 0 Å². The predicted octanol–water partition coefficient (Wildman–Crippen LogP) is 3.19. The number of aryl methyl sites for hydroxylation is 1. The standard InChI is InChI=1S/C17H17NO5S/c1-9-10(2)24-15(13(9)17(21)23-4)18-14(19)11-6-5-7-12(8-11)16(20)22-3/h5-8H,1-4H3,(H,18,19). The number of carbonyl (C=O) groups excluding carboxylic acids is 3. The molecule has 0 spiro atoms. The average Bonchev–Trinajstić information content (AvgIpc) is 2.87. The quantitative estimate of drug-likeness (QED) is 0.859. The summed E-state index contributed by atoms with van der Waals surface area (Å²) < 4.78 is 9.42. The molecule has 0 aliphatic heterocycles. The smallest absolute Gasteiger partial charge is 0.341 e. The first-order valence-corrected chi connectivity index (χ1v) is 7.88. The van der Waals surface area contributed by atoms with Gasteiger partial charge in [-0.2, -0.15) is 0 Å². The van der Waals surface area contributed by atoms with Crippen LogP contribution >= 0.6 is 11.3 Å². The van der Waals surface area contributed by atoms with Gasteiger partial charge in [-0.25, -0.2) is 9.59 Å². The van der Waals surface area contributed by atoms with E-state index in [1.165, 1.54) is 31.6 Å². The molecule has 1 aromatic heterocycles. The minimum atomic E-state index is -0.525. The monoisotopic (exact) mass is 347 g/mol. The number of methoxy groups -OCH3 is 2. The van der Waals surface area contributed by atoms with Crippen LogP contribution in [0.5, 0.6) is 0 Å². The van der Waals surface area contributed by atoms with Crippen molar-refractivity contribution < 1.29 is 23.9 Å². The SMILES string of the molecule is COC(=O)c1cccc(C(=O)Nc2sc(C)c(C)c2C(=O)OC)c1. The third kappa shape index (κ3) is 3.46. The van der Waals surface area contributed by atoms with Crippen molar-refractivity contribution in [3.63, 3.8) is 0 Å². The van der Waals surface area contributed by atoms with Crippen molar-refractivity contribution in [2.45, 2.75) is 13.8 Å². The molecule has 0 saturated carbocycles. The van der Waals surface area contributed by atoms with E-state index in [1.807, 2.05) is 6.92 Å². The van der Waals surface area contributed by atoms with Crippen molar-refractivity contribution in [2.24, 2.45) is 0 Å². The Morgan fingerprint density at radius 1 is 1.00 bits per heavy atom. The van der Waals surface area contributed by atoms with Crippen LogP contribution in [-0.2, 0) is 9.47 Å². The van der Waals surface area contributed by atoms with E-state index in [0.29, 0.717) is 10.6 Å². The fourth-order valence-corrected chi connectivity index (χ4v) is 3.19. The van der Waals surface area contributed by atoms with Gasteiger partial charge in [0.25, 0.3) is 5.91 Å². The fourth-order valence-electron chi connectivity index (χ4n) is 2.14. The second-order valence-electron chi connectivity index (χ2n) is 5.01. The number of esters is 2. The van der Waals surface area contributed by atoms with Crippen LogP contribution in [0.3, 0.4) is 0 Å². The van der Waals surface area contributed by atoms with Crippen LogP contribution in [0.25, 0.3) is 0 Å². The Labute approximate surface area is 143 Å². The number of thiophene rings is 1. The van der Waals surface area contributed by atoms with Gasteiger partial charge >= 0.3 is 11.9 Å². The molecule has 2 aromatic rings. The van der Waals surface area contributed by atoms with Crippen LogP contribution in [0.2, 0.25) is 0 Å². The molecule has 0 fully saturated rings. The van der Waals surface area contributed by atoms with E-state index in [1.54, 1.807) is 25.1 Å². The van der Waals surface area contributed by atoms with Gasteiger partial charge in [0.1, 0.15) is 5.00 Å². The van der Waals surface area contributed by atoms with Gasteiger partial charge in [0.2, 0.25) is 0 Å². The molecule has 0 bridgehead atoms. The Balaban J connectivity index is 2.32. The summed E-state index contributed by atoms with van der Waals surface area (Å²) in [7, 11) is 2.56. The maximum atomic E-state index is 12.5. The molecule has 1 heterocycles. The molecule has 6 nitrogen and oxygen atoms in total. The highest BCUT2D eigenvalue weighted by Gasteiger charge is 2.22. The van der Waals surface area contributed by atoms with Gasteiger partial charge in [0.05, 0.1) is 25.3 Å². The van der Waals surface area contributed by atoms with E-state index in [-0.39, 0.29) is 11.1 Å². The molecular formula is C17H17NO5S. The third-order valence-electron chi connectivity index (χ3n) is 3.55. The molecule has 0 unspecified atom stereocenters. The number of anilines is 1. The highest BCUT2D eigenvalue weighted by Crippen LogP contribution is 2.33. The van der Waals surface area contributed by atoms with Gasteiger partial charge < -0.3 is 14.8 Å². The van der Waals surface area contributed by atoms with E-state index in [2.05, 4.69) is 10.1 Å². The molecule has 1 aromatic carbocycles. The molecular weight excluding hydrogens is 330 g/mol. The highest BCUT2D eigenvalue weighted by molar-refractivity contribution is 7.16. The van der Waals surface area contributed by atoms with E-state index in [4.69, 9.17) is 4.74 Å². The maximum absolute atomic E-state index is 12.5. The zero-order valence-corrected chi connectivity index (χ0v) is 14.6. The number of rotatable bonds is 4. The molecule has 0 atom stereocenters. The fraction of sp³-hybridized carbons (Fsp3) is 0.235. The first kappa shape index (κ1) is 17.7. The van der Waals surface area contributed by atoms with E-state index in [9.17, 15) is 14.4 Å². The van der Waals surface area contributed by atoms with Gasteiger partial charge in [-0.05, 0) is 37.6 Å². The zero-order chi connectivity index (χ0) is 17.9. The first-order chi connectivity index (χ1) is 11.4. The van der Waals surface area contributed by atoms with Crippen molar-refractivity contribution in [1.29, 1.82) is 0 Å². The van der Waals surface area contributed by atoms with Crippen molar-refractivity contribution in [3.8, 4) is 0 Å². The normalized spacial score (nSPS) is 10.2. The number of nitrogens with one attached hydrogen (secondary N) is 1. The van der Waals surface area contributed by atoms with Gasteiger partial charge in [-0.1, -0.05) is 6.07 Å². The minimum absolute atomic E-state index is 0.275. The van der Waals surface area contributed by atoms with Crippen molar-refractivity contribution >= 4 is 34.2 Å². The summed E-state index contributed by atoms with van der Waals surface area (Å²) in [5.41, 5.74) is 1.68. The lowest BCUT2D eigenvalue weighted by molar-refractivity contribution is 0.0592. The molecule has 7 heteroatoms. The lowest BCUT2D eigenvalue weighted by Gasteiger charge is -2.07. The molecule has 2 rings (SSSR count). The van der Waals surface area contributed by atoms with Crippen LogP contribution < -0.4 is 5.32 Å². The molecule has 0 radical (unpaired) electrons. The second kappa shape index (κ2) is 7.27. The van der Waals surface area contributed by atoms with Crippen LogP contribution in [0.4, 0.5) is 5.00 Å². The molecule has 24 heavy (non-hydrogen) atoms. The number of amides is 1. The topological polar surface area (TPSA) is 81.7 Å². The summed E-state index contributed by atoms with van der Waals surface area (Å²) >= 11 is 1.30. The summed E-state index contributed by atoms with van der Waals surface area (Å²) in [6, 6.07) is 6.16. The Kier molecular flexibility index (Phi) is 5.35. The first-order valence-electron chi connectivity index (χ1n) is 7.07. The lowest BCUT2D eigenvalue weighted by Crippen LogP contribution is -2.15. The molecule has 1 amide bonds. The maximum Gasteiger partial charge on any atom is 0.341 e. The van der Waals surface area contributed by atoms with Gasteiger partial charge in [-0.15, -0.1) is 11.3 Å². The summed E-state index contributed by atoms with van der Waals surface area (Å²) in [5, 5.41) is 3.14. The lowest BCUT2D eigenvalue weighted by atomic mass is 10.1. The minimum Gasteiger partial charge on any atom is -0.465 e. The Morgan fingerprint density at radius 3 is 2.25 bits per heavy atom. The Morgan fingerprint density at radius 2 is 1.62 bits per heavy atom. The Bertz CT molecular complexity index is 809. The van der Waals surface area contributed by atoms with Gasteiger partial charge in [-0.3, -0.25) is 4.79 Å². The molecule has 0 aliphatic rings. The number of hydrogen-bond acceptors (Lipinski definition) is 6. The number of carbonyl (C=O) groups is 3. The molecule has 0 aliphatic carbocycles. The van der Waals surface area contributed by atoms with Crippen molar-refractivity contribution in [1.82, 2.24) is 0 Å². The second-order valence-corrected chi connectivity index (χ2v) is 6.23. The van der Waals surface area contributed by atoms with Crippen LogP contribution in [0.15, 0.2) is 24.3 Å². The van der Waals surface area contributed by atoms with Crippen LogP contribution in [-0.4, -0.2) is 32.1 Å². The molecule has 0 saturated heterocycles. The van der Waals surface area contributed by atoms with Crippen molar-refractivity contribution in [2.75, 3.05) is 19.5 Å². The number of benzene rings is 1. The molecule has 126 valence electrons. The number of hydrogen-bond donors (Lipinski definition) is 1. The predicted molar refractivity (Wildman–Crippen MR) is 90.9 cm³/mol. The highest BCUT2D eigenvalue weighted by atomic mass is 32.1. The summed E-state index contributed by atoms with van der Waals surface area (Å²) in [6.45, 7) is 3.66. The largest absolute Gasteiger partial charge is 0.465 e. The van der Waals surface area contributed by atoms with Crippen molar-refractivity contribution in [3.05, 3.63) is 51.4 Å². The van der Waals surface area contributed by atoms with Crippen LogP contribution in [0.1, 0.15) is 41.5 Å². The van der Waals surface area contributed by atoms with Gasteiger partial charge in [0.15, 0.2) is 0 Å². The van der Waals surface area contributed by atoms with Crippen LogP contribution in [0, 0.1) is 13.8 Å². The Hall–Kier alpha value is -2.67. The van der Waals surface area contributed by atoms with E-state index in [0.717, 1.165) is 10.4 Å². The third-order valence-corrected chi connectivity index (χ3v) is 4.67. The molecule has 1 N–H and O–H groups in total. The summed E-state index contributed by atoms with van der Waals surface area (Å²) in [5.74, 6) is -1.45. The summed E-state index contributed by atoms with van der Waals surface area (Å²) in [4.78, 5) is 36.9. The zero-order valence-electron chi connectivity index (χ0n) is 13.8. The number of ether oxygens (including phenoxy) is 2. The average molecular weight is 347 g/mol. The summed E-state index contributed by atoms with van der Waals surface area (Å²) in [6.07, 6.45) is 0. The van der Waals surface area contributed by atoms with Gasteiger partial charge in [0, 0.05) is 10.4 Å².